The normalized spacial score (nSPS) is 12.3. The number of hydrogen-bond acceptors (Lipinski definition) is 3. The zero-order chi connectivity index (χ0) is 21.5. The molecule has 0 spiro atoms. The molecule has 0 saturated heterocycles. The number of hydrogen-bond donors (Lipinski definition) is 2. The van der Waals surface area contributed by atoms with Gasteiger partial charge in [-0.15, -0.1) is 0 Å². The van der Waals surface area contributed by atoms with E-state index < -0.39 is 10.0 Å². The predicted octanol–water partition coefficient (Wildman–Crippen LogP) is 5.98. The maximum atomic E-state index is 13.0. The molecule has 0 bridgehead atoms. The molecule has 0 aliphatic carbocycles. The third-order valence-corrected chi connectivity index (χ3v) is 6.57. The molecule has 30 heavy (non-hydrogen) atoms. The van der Waals surface area contributed by atoms with Gasteiger partial charge in [0.1, 0.15) is 5.82 Å². The molecule has 4 rings (SSSR count). The van der Waals surface area contributed by atoms with Crippen LogP contribution in [0.1, 0.15) is 26.3 Å². The summed E-state index contributed by atoms with van der Waals surface area (Å²) < 4.78 is 28.5. The molecule has 7 heteroatoms. The Morgan fingerprint density at radius 3 is 2.37 bits per heavy atom. The number of nitrogens with one attached hydrogen (secondary N) is 2. The highest BCUT2D eigenvalue weighted by Crippen LogP contribution is 2.31. The smallest absolute Gasteiger partial charge is 0.262 e. The molecule has 1 heterocycles. The fourth-order valence-corrected chi connectivity index (χ4v) is 4.55. The number of nitrogens with zero attached hydrogens (tertiary/aromatic N) is 1. The Bertz CT molecular complexity index is 1320. The molecule has 0 amide bonds. The molecule has 1 aromatic heterocycles. The van der Waals surface area contributed by atoms with Crippen molar-refractivity contribution in [3.8, 4) is 11.4 Å². The summed E-state index contributed by atoms with van der Waals surface area (Å²) in [6, 6.07) is 19.9. The van der Waals surface area contributed by atoms with Crippen molar-refractivity contribution in [1.29, 1.82) is 0 Å². The molecule has 0 unspecified atom stereocenters. The summed E-state index contributed by atoms with van der Waals surface area (Å²) in [5.74, 6) is 0.689. The first-order valence-electron chi connectivity index (χ1n) is 9.51. The third-order valence-electron chi connectivity index (χ3n) is 4.89. The van der Waals surface area contributed by atoms with E-state index in [4.69, 9.17) is 11.6 Å². The second-order valence-electron chi connectivity index (χ2n) is 8.18. The minimum absolute atomic E-state index is 0.0802. The van der Waals surface area contributed by atoms with Crippen molar-refractivity contribution in [2.45, 2.75) is 31.1 Å². The summed E-state index contributed by atoms with van der Waals surface area (Å²) in [7, 11) is -3.81. The van der Waals surface area contributed by atoms with Crippen LogP contribution in [-0.4, -0.2) is 18.4 Å². The number of aromatic amines is 1. The maximum absolute atomic E-state index is 13.0. The van der Waals surface area contributed by atoms with Crippen LogP contribution >= 0.6 is 11.6 Å². The lowest BCUT2D eigenvalue weighted by Gasteiger charge is -2.20. The molecule has 0 aliphatic rings. The first kappa shape index (κ1) is 20.4. The standard InChI is InChI=1S/C23H22ClN3O2S/c1-23(2,3)16-9-11-19(18(24)13-16)27-30(28,29)17-10-12-20-21(14-17)26-22(25-20)15-7-5-4-6-8-15/h4-14,27H,1-3H3,(H,25,26). The maximum Gasteiger partial charge on any atom is 0.262 e. The number of halogens is 1. The molecule has 4 aromatic rings. The van der Waals surface area contributed by atoms with Crippen molar-refractivity contribution in [2.24, 2.45) is 0 Å². The fraction of sp³-hybridized carbons (Fsp3) is 0.174. The van der Waals surface area contributed by atoms with Gasteiger partial charge in [-0.25, -0.2) is 13.4 Å². The van der Waals surface area contributed by atoms with Crippen LogP contribution in [0.25, 0.3) is 22.4 Å². The van der Waals surface area contributed by atoms with Crippen molar-refractivity contribution in [2.75, 3.05) is 4.72 Å². The number of fused-ring (bicyclic) bond motifs is 1. The average molecular weight is 440 g/mol. The van der Waals surface area contributed by atoms with E-state index in [-0.39, 0.29) is 10.3 Å². The molecule has 0 aliphatic heterocycles. The van der Waals surface area contributed by atoms with Crippen molar-refractivity contribution < 1.29 is 8.42 Å². The lowest BCUT2D eigenvalue weighted by Crippen LogP contribution is -2.15. The van der Waals surface area contributed by atoms with E-state index in [0.29, 0.717) is 27.6 Å². The van der Waals surface area contributed by atoms with Crippen LogP contribution < -0.4 is 4.72 Å². The second-order valence-corrected chi connectivity index (χ2v) is 10.3. The van der Waals surface area contributed by atoms with E-state index in [9.17, 15) is 8.42 Å². The fourth-order valence-electron chi connectivity index (χ4n) is 3.16. The van der Waals surface area contributed by atoms with Gasteiger partial charge in [-0.3, -0.25) is 4.72 Å². The Morgan fingerprint density at radius 2 is 1.70 bits per heavy atom. The van der Waals surface area contributed by atoms with Gasteiger partial charge in [-0.05, 0) is 41.3 Å². The number of H-pyrrole nitrogens is 1. The average Bonchev–Trinajstić information content (AvgIpc) is 3.13. The third kappa shape index (κ3) is 4.06. The van der Waals surface area contributed by atoms with Crippen LogP contribution in [0, 0.1) is 0 Å². The largest absolute Gasteiger partial charge is 0.338 e. The van der Waals surface area contributed by atoms with Crippen molar-refractivity contribution in [3.05, 3.63) is 77.3 Å². The Balaban J connectivity index is 1.66. The van der Waals surface area contributed by atoms with Gasteiger partial charge in [0.2, 0.25) is 0 Å². The van der Waals surface area contributed by atoms with Crippen LogP contribution in [0.15, 0.2) is 71.6 Å². The number of anilines is 1. The molecule has 0 fully saturated rings. The summed E-state index contributed by atoms with van der Waals surface area (Å²) in [4.78, 5) is 7.87. The second kappa shape index (κ2) is 7.45. The zero-order valence-electron chi connectivity index (χ0n) is 16.9. The van der Waals surface area contributed by atoms with Gasteiger partial charge in [0.15, 0.2) is 0 Å². The van der Waals surface area contributed by atoms with Gasteiger partial charge in [0, 0.05) is 5.56 Å². The van der Waals surface area contributed by atoms with E-state index in [0.717, 1.165) is 11.1 Å². The summed E-state index contributed by atoms with van der Waals surface area (Å²) in [5, 5.41) is 0.361. The molecule has 0 atom stereocenters. The monoisotopic (exact) mass is 439 g/mol. The molecule has 2 N–H and O–H groups in total. The lowest BCUT2D eigenvalue weighted by atomic mass is 9.87. The summed E-state index contributed by atoms with van der Waals surface area (Å²) in [6.45, 7) is 6.23. The van der Waals surface area contributed by atoms with Crippen molar-refractivity contribution in [1.82, 2.24) is 9.97 Å². The topological polar surface area (TPSA) is 74.8 Å². The van der Waals surface area contributed by atoms with Crippen molar-refractivity contribution in [3.63, 3.8) is 0 Å². The number of rotatable bonds is 4. The highest BCUT2D eigenvalue weighted by atomic mass is 35.5. The summed E-state index contributed by atoms with van der Waals surface area (Å²) >= 11 is 6.35. The lowest BCUT2D eigenvalue weighted by molar-refractivity contribution is 0.590. The Hall–Kier alpha value is -2.83. The van der Waals surface area contributed by atoms with E-state index in [1.54, 1.807) is 24.3 Å². The molecule has 154 valence electrons. The van der Waals surface area contributed by atoms with Gasteiger partial charge in [-0.2, -0.15) is 0 Å². The zero-order valence-corrected chi connectivity index (χ0v) is 18.5. The van der Waals surface area contributed by atoms with Crippen molar-refractivity contribution >= 4 is 38.3 Å². The van der Waals surface area contributed by atoms with Gasteiger partial charge in [-0.1, -0.05) is 68.8 Å². The summed E-state index contributed by atoms with van der Waals surface area (Å²) in [5.41, 5.74) is 3.57. The minimum atomic E-state index is -3.81. The highest BCUT2D eigenvalue weighted by molar-refractivity contribution is 7.92. The SMILES string of the molecule is CC(C)(C)c1ccc(NS(=O)(=O)c2ccc3nc(-c4ccccc4)[nH]c3c2)c(Cl)c1. The number of aromatic nitrogens is 2. The molecule has 5 nitrogen and oxygen atoms in total. The van der Waals surface area contributed by atoms with E-state index in [2.05, 4.69) is 35.5 Å². The minimum Gasteiger partial charge on any atom is -0.338 e. The Labute approximate surface area is 181 Å². The van der Waals surface area contributed by atoms with Crippen LogP contribution in [0.4, 0.5) is 5.69 Å². The van der Waals surface area contributed by atoms with Gasteiger partial charge in [0.25, 0.3) is 10.0 Å². The number of sulfonamides is 1. The molecule has 0 saturated carbocycles. The quantitative estimate of drug-likeness (QED) is 0.410. The molecular weight excluding hydrogens is 418 g/mol. The molecular formula is C23H22ClN3O2S. The summed E-state index contributed by atoms with van der Waals surface area (Å²) in [6.07, 6.45) is 0. The van der Waals surface area contributed by atoms with Crippen LogP contribution in [-0.2, 0) is 15.4 Å². The first-order valence-corrected chi connectivity index (χ1v) is 11.4. The van der Waals surface area contributed by atoms with E-state index >= 15 is 0 Å². The first-order chi connectivity index (χ1) is 14.1. The van der Waals surface area contributed by atoms with Crippen LogP contribution in [0.3, 0.4) is 0 Å². The van der Waals surface area contributed by atoms with Gasteiger partial charge in [0.05, 0.1) is 26.6 Å². The van der Waals surface area contributed by atoms with Gasteiger partial charge >= 0.3 is 0 Å². The van der Waals surface area contributed by atoms with E-state index in [1.165, 1.54) is 6.07 Å². The number of imidazole rings is 1. The Kier molecular flexibility index (Phi) is 5.08. The van der Waals surface area contributed by atoms with E-state index in [1.807, 2.05) is 36.4 Å². The predicted molar refractivity (Wildman–Crippen MR) is 122 cm³/mol. The van der Waals surface area contributed by atoms with Gasteiger partial charge < -0.3 is 4.98 Å². The number of benzene rings is 3. The molecule has 3 aromatic carbocycles. The Morgan fingerprint density at radius 1 is 0.967 bits per heavy atom. The van der Waals surface area contributed by atoms with Crippen LogP contribution in [0.2, 0.25) is 5.02 Å². The highest BCUT2D eigenvalue weighted by Gasteiger charge is 2.20. The van der Waals surface area contributed by atoms with Crippen LogP contribution in [0.5, 0.6) is 0 Å². The molecule has 0 radical (unpaired) electrons.